The number of hydrogen-bond donors (Lipinski definition) is 0. The van der Waals surface area contributed by atoms with E-state index < -0.39 is 12.3 Å². The zero-order chi connectivity index (χ0) is 9.03. The first-order valence-electron chi connectivity index (χ1n) is 4.01. The van der Waals surface area contributed by atoms with Gasteiger partial charge in [0.05, 0.1) is 0 Å². The molecular formula is C10H13ClGe. The average molecular weight is 241 g/mol. The van der Waals surface area contributed by atoms with Crippen molar-refractivity contribution in [2.75, 3.05) is 0 Å². The van der Waals surface area contributed by atoms with E-state index in [9.17, 15) is 0 Å². The zero-order valence-corrected chi connectivity index (χ0v) is 10.3. The van der Waals surface area contributed by atoms with E-state index in [1.54, 1.807) is 0 Å². The molecule has 0 spiro atoms. The van der Waals surface area contributed by atoms with Crippen LogP contribution in [0.15, 0.2) is 35.2 Å². The zero-order valence-electron chi connectivity index (χ0n) is 7.42. The van der Waals surface area contributed by atoms with Gasteiger partial charge in [-0.15, -0.1) is 0 Å². The average Bonchev–Trinajstić information content (AvgIpc) is 2.02. The minimum absolute atomic E-state index is 1.23. The summed E-state index contributed by atoms with van der Waals surface area (Å²) in [4.78, 5) is 2.18. The van der Waals surface area contributed by atoms with Gasteiger partial charge >= 0.3 is 80.7 Å². The van der Waals surface area contributed by atoms with E-state index >= 15 is 0 Å². The molecule has 0 atom stereocenters. The van der Waals surface area contributed by atoms with E-state index in [1.165, 1.54) is 5.56 Å². The Labute approximate surface area is 80.8 Å². The second-order valence-corrected chi connectivity index (χ2v) is 15.6. The van der Waals surface area contributed by atoms with Gasteiger partial charge in [-0.25, -0.2) is 0 Å². The Bertz CT molecular complexity index is 259. The maximum absolute atomic E-state index is 6.18. The molecule has 64 valence electrons. The molecule has 0 amide bonds. The Hall–Kier alpha value is -0.207. The summed E-state index contributed by atoms with van der Waals surface area (Å²) in [5.41, 5.74) is 1.23. The Balaban J connectivity index is 2.71. The topological polar surface area (TPSA) is 0 Å². The van der Waals surface area contributed by atoms with E-state index in [2.05, 4.69) is 34.6 Å². The fraction of sp³-hybridized carbons (Fsp3) is 0.200. The van der Waals surface area contributed by atoms with Gasteiger partial charge in [0.25, 0.3) is 0 Å². The third kappa shape index (κ3) is 3.98. The summed E-state index contributed by atoms with van der Waals surface area (Å²) in [5, 5.41) is 0. The first-order chi connectivity index (χ1) is 5.58. The molecular weight excluding hydrogens is 228 g/mol. The standard InChI is InChI=1S/C10H13ClGe/c1-12(2,11)9-8-10-6-4-3-5-7-10/h3-9H,1-2H3. The van der Waals surface area contributed by atoms with E-state index in [1.807, 2.05) is 18.2 Å². The fourth-order valence-electron chi connectivity index (χ4n) is 0.859. The summed E-state index contributed by atoms with van der Waals surface area (Å²) in [7, 11) is 6.18. The van der Waals surface area contributed by atoms with Gasteiger partial charge in [0.2, 0.25) is 0 Å². The molecule has 0 unspecified atom stereocenters. The van der Waals surface area contributed by atoms with Crippen LogP contribution in [0.3, 0.4) is 0 Å². The van der Waals surface area contributed by atoms with Crippen molar-refractivity contribution in [3.8, 4) is 0 Å². The predicted octanol–water partition coefficient (Wildman–Crippen LogP) is 3.68. The van der Waals surface area contributed by atoms with Gasteiger partial charge in [-0.3, -0.25) is 0 Å². The molecule has 0 saturated heterocycles. The van der Waals surface area contributed by atoms with Crippen molar-refractivity contribution in [1.82, 2.24) is 0 Å². The van der Waals surface area contributed by atoms with Crippen molar-refractivity contribution >= 4 is 28.4 Å². The van der Waals surface area contributed by atoms with Crippen LogP contribution in [0.4, 0.5) is 0 Å². The van der Waals surface area contributed by atoms with Gasteiger partial charge in [-0.2, -0.15) is 0 Å². The van der Waals surface area contributed by atoms with Crippen LogP contribution in [0.5, 0.6) is 0 Å². The molecule has 0 N–H and O–H groups in total. The molecule has 0 aromatic heterocycles. The molecule has 1 aromatic rings. The van der Waals surface area contributed by atoms with Crippen LogP contribution in [-0.2, 0) is 0 Å². The van der Waals surface area contributed by atoms with Gasteiger partial charge < -0.3 is 0 Å². The van der Waals surface area contributed by atoms with Crippen molar-refractivity contribution in [2.45, 2.75) is 11.5 Å². The summed E-state index contributed by atoms with van der Waals surface area (Å²) >= 11 is -2.00. The van der Waals surface area contributed by atoms with Crippen LogP contribution in [0.1, 0.15) is 5.56 Å². The minimum atomic E-state index is -2.00. The van der Waals surface area contributed by atoms with E-state index in [4.69, 9.17) is 10.0 Å². The first kappa shape index (κ1) is 9.88. The third-order valence-corrected chi connectivity index (χ3v) is 4.14. The van der Waals surface area contributed by atoms with Gasteiger partial charge in [-0.05, 0) is 0 Å². The van der Waals surface area contributed by atoms with Crippen molar-refractivity contribution in [2.24, 2.45) is 0 Å². The second-order valence-electron chi connectivity index (χ2n) is 3.31. The van der Waals surface area contributed by atoms with Crippen LogP contribution in [-0.4, -0.2) is 12.3 Å². The summed E-state index contributed by atoms with van der Waals surface area (Å²) < 4.78 is 0. The van der Waals surface area contributed by atoms with E-state index in [-0.39, 0.29) is 0 Å². The molecule has 0 fully saturated rings. The van der Waals surface area contributed by atoms with Crippen LogP contribution in [0.25, 0.3) is 6.08 Å². The van der Waals surface area contributed by atoms with Crippen molar-refractivity contribution in [3.05, 3.63) is 40.8 Å². The van der Waals surface area contributed by atoms with E-state index in [0.29, 0.717) is 0 Å². The Morgan fingerprint density at radius 2 is 1.75 bits per heavy atom. The molecule has 0 aliphatic carbocycles. The molecule has 0 radical (unpaired) electrons. The van der Waals surface area contributed by atoms with Crippen LogP contribution in [0.2, 0.25) is 11.5 Å². The predicted molar refractivity (Wildman–Crippen MR) is 58.8 cm³/mol. The molecule has 0 bridgehead atoms. The van der Waals surface area contributed by atoms with Crippen LogP contribution in [0, 0.1) is 0 Å². The van der Waals surface area contributed by atoms with Gasteiger partial charge in [0.15, 0.2) is 0 Å². The number of benzene rings is 1. The van der Waals surface area contributed by atoms with Crippen LogP contribution >= 0.6 is 10.0 Å². The fourth-order valence-corrected chi connectivity index (χ4v) is 2.42. The second kappa shape index (κ2) is 4.15. The quantitative estimate of drug-likeness (QED) is 0.693. The van der Waals surface area contributed by atoms with Crippen molar-refractivity contribution in [3.63, 3.8) is 0 Å². The molecule has 1 rings (SSSR count). The van der Waals surface area contributed by atoms with Crippen molar-refractivity contribution in [1.29, 1.82) is 0 Å². The summed E-state index contributed by atoms with van der Waals surface area (Å²) in [5.74, 6) is 4.31. The van der Waals surface area contributed by atoms with E-state index in [0.717, 1.165) is 0 Å². The molecule has 1 aromatic carbocycles. The molecule has 12 heavy (non-hydrogen) atoms. The third-order valence-electron chi connectivity index (χ3n) is 1.47. The van der Waals surface area contributed by atoms with Crippen molar-refractivity contribution < 1.29 is 0 Å². The molecule has 0 nitrogen and oxygen atoms in total. The SMILES string of the molecule is [CH3][Ge]([CH3])([Cl])[CH]=Cc1ccccc1. The molecule has 0 saturated carbocycles. The number of halogens is 1. The first-order valence-corrected chi connectivity index (χ1v) is 12.2. The van der Waals surface area contributed by atoms with Gasteiger partial charge in [-0.1, -0.05) is 0 Å². The molecule has 0 aliphatic heterocycles. The molecule has 0 heterocycles. The molecule has 2 heteroatoms. The monoisotopic (exact) mass is 242 g/mol. The summed E-state index contributed by atoms with van der Waals surface area (Å²) in [6.45, 7) is 0. The Kier molecular flexibility index (Phi) is 3.42. The Morgan fingerprint density at radius 3 is 2.25 bits per heavy atom. The maximum atomic E-state index is 6.18. The van der Waals surface area contributed by atoms with Gasteiger partial charge in [0, 0.05) is 0 Å². The van der Waals surface area contributed by atoms with Gasteiger partial charge in [0.1, 0.15) is 0 Å². The number of rotatable bonds is 2. The normalized spacial score (nSPS) is 12.2. The Morgan fingerprint density at radius 1 is 1.17 bits per heavy atom. The molecule has 0 aliphatic rings. The van der Waals surface area contributed by atoms with Crippen LogP contribution < -0.4 is 0 Å². The number of hydrogen-bond acceptors (Lipinski definition) is 0. The summed E-state index contributed by atoms with van der Waals surface area (Å²) in [6.07, 6.45) is 2.12. The summed E-state index contributed by atoms with van der Waals surface area (Å²) in [6, 6.07) is 10.3.